The second-order valence-electron chi connectivity index (χ2n) is 6.90. The number of pyridine rings is 1. The maximum atomic E-state index is 12.9. The Morgan fingerprint density at radius 1 is 1.11 bits per heavy atom. The molecule has 1 aliphatic carbocycles. The van der Waals surface area contributed by atoms with Crippen molar-refractivity contribution in [1.29, 1.82) is 0 Å². The molecule has 1 aromatic carbocycles. The molecule has 4 rings (SSSR count). The zero-order chi connectivity index (χ0) is 19.7. The van der Waals surface area contributed by atoms with Crippen LogP contribution in [0.4, 0.5) is 5.82 Å². The van der Waals surface area contributed by atoms with Crippen LogP contribution < -0.4 is 14.8 Å². The Balaban J connectivity index is 1.57. The van der Waals surface area contributed by atoms with Crippen LogP contribution in [0.3, 0.4) is 0 Å². The highest BCUT2D eigenvalue weighted by molar-refractivity contribution is 6.00. The van der Waals surface area contributed by atoms with Gasteiger partial charge in [0.25, 0.3) is 0 Å². The van der Waals surface area contributed by atoms with Gasteiger partial charge in [0.1, 0.15) is 5.82 Å². The number of carbonyl (C=O) groups excluding carboxylic acids is 1. The standard InChI is InChI=1S/C21H21N3O4/c1-13-6-9-22-19(10-13)23-20(25)21(7-8-21)18-12-16(28-24-18)14-4-5-15(26-2)17(11-14)27-3/h4-6,9-12H,7-8H2,1-3H3,(H,22,23,25). The molecule has 7 heteroatoms. The van der Waals surface area contributed by atoms with Crippen molar-refractivity contribution in [3.05, 3.63) is 53.9 Å². The summed E-state index contributed by atoms with van der Waals surface area (Å²) >= 11 is 0. The number of nitrogens with one attached hydrogen (secondary N) is 1. The Kier molecular flexibility index (Phi) is 4.50. The van der Waals surface area contributed by atoms with Gasteiger partial charge in [0.2, 0.25) is 5.91 Å². The molecule has 0 unspecified atom stereocenters. The molecule has 1 N–H and O–H groups in total. The molecule has 2 heterocycles. The third-order valence-corrected chi connectivity index (χ3v) is 5.01. The second-order valence-corrected chi connectivity index (χ2v) is 6.90. The van der Waals surface area contributed by atoms with Crippen LogP contribution in [0.5, 0.6) is 11.5 Å². The quantitative estimate of drug-likeness (QED) is 0.702. The number of carbonyl (C=O) groups is 1. The number of aryl methyl sites for hydroxylation is 1. The first-order valence-electron chi connectivity index (χ1n) is 8.99. The molecule has 144 valence electrons. The Morgan fingerprint density at radius 3 is 2.57 bits per heavy atom. The number of amides is 1. The zero-order valence-electron chi connectivity index (χ0n) is 16.0. The van der Waals surface area contributed by atoms with Crippen LogP contribution in [-0.4, -0.2) is 30.3 Å². The van der Waals surface area contributed by atoms with Gasteiger partial charge in [-0.2, -0.15) is 0 Å². The van der Waals surface area contributed by atoms with Crippen molar-refractivity contribution in [2.45, 2.75) is 25.2 Å². The largest absolute Gasteiger partial charge is 0.493 e. The van der Waals surface area contributed by atoms with Crippen molar-refractivity contribution in [1.82, 2.24) is 10.1 Å². The minimum atomic E-state index is -0.663. The monoisotopic (exact) mass is 379 g/mol. The number of hydrogen-bond donors (Lipinski definition) is 1. The summed E-state index contributed by atoms with van der Waals surface area (Å²) in [6, 6.07) is 11.0. The van der Waals surface area contributed by atoms with Crippen LogP contribution >= 0.6 is 0 Å². The third-order valence-electron chi connectivity index (χ3n) is 5.01. The lowest BCUT2D eigenvalue weighted by Gasteiger charge is -2.12. The molecule has 3 aromatic rings. The number of aromatic nitrogens is 2. The number of hydrogen-bond acceptors (Lipinski definition) is 6. The molecule has 0 aliphatic heterocycles. The van der Waals surface area contributed by atoms with Gasteiger partial charge in [0.15, 0.2) is 17.3 Å². The molecule has 0 atom stereocenters. The van der Waals surface area contributed by atoms with E-state index in [9.17, 15) is 4.79 Å². The molecule has 0 radical (unpaired) electrons. The van der Waals surface area contributed by atoms with E-state index in [2.05, 4.69) is 15.5 Å². The number of methoxy groups -OCH3 is 2. The van der Waals surface area contributed by atoms with Gasteiger partial charge in [-0.25, -0.2) is 4.98 Å². The van der Waals surface area contributed by atoms with Gasteiger partial charge >= 0.3 is 0 Å². The maximum Gasteiger partial charge on any atom is 0.237 e. The van der Waals surface area contributed by atoms with Crippen LogP contribution in [0.1, 0.15) is 24.1 Å². The number of nitrogens with zero attached hydrogens (tertiary/aromatic N) is 2. The normalized spacial score (nSPS) is 14.4. The number of anilines is 1. The summed E-state index contributed by atoms with van der Waals surface area (Å²) in [7, 11) is 3.17. The Morgan fingerprint density at radius 2 is 1.89 bits per heavy atom. The minimum Gasteiger partial charge on any atom is -0.493 e. The predicted octanol–water partition coefficient (Wildman–Crippen LogP) is 3.73. The minimum absolute atomic E-state index is 0.113. The van der Waals surface area contributed by atoms with Crippen molar-refractivity contribution in [2.75, 3.05) is 19.5 Å². The van der Waals surface area contributed by atoms with Gasteiger partial charge < -0.3 is 19.3 Å². The van der Waals surface area contributed by atoms with E-state index in [4.69, 9.17) is 14.0 Å². The fourth-order valence-corrected chi connectivity index (χ4v) is 3.19. The van der Waals surface area contributed by atoms with Crippen molar-refractivity contribution >= 4 is 11.7 Å². The summed E-state index contributed by atoms with van der Waals surface area (Å²) in [6.07, 6.45) is 3.13. The van der Waals surface area contributed by atoms with E-state index in [-0.39, 0.29) is 5.91 Å². The first kappa shape index (κ1) is 18.0. The van der Waals surface area contributed by atoms with Crippen molar-refractivity contribution in [3.63, 3.8) is 0 Å². The SMILES string of the molecule is COc1ccc(-c2cc(C3(C(=O)Nc4cc(C)ccn4)CC3)no2)cc1OC. The highest BCUT2D eigenvalue weighted by Gasteiger charge is 2.54. The van der Waals surface area contributed by atoms with Gasteiger partial charge in [0, 0.05) is 17.8 Å². The number of ether oxygens (including phenoxy) is 2. The van der Waals surface area contributed by atoms with Gasteiger partial charge in [0.05, 0.1) is 25.3 Å². The maximum absolute atomic E-state index is 12.9. The average Bonchev–Trinajstić information content (AvgIpc) is 3.37. The molecule has 1 amide bonds. The van der Waals surface area contributed by atoms with Gasteiger partial charge in [-0.05, 0) is 55.7 Å². The van der Waals surface area contributed by atoms with E-state index in [1.165, 1.54) is 0 Å². The summed E-state index contributed by atoms with van der Waals surface area (Å²) in [6.45, 7) is 1.96. The van der Waals surface area contributed by atoms with Crippen LogP contribution in [0.15, 0.2) is 47.1 Å². The van der Waals surface area contributed by atoms with E-state index in [1.54, 1.807) is 26.5 Å². The lowest BCUT2D eigenvalue weighted by molar-refractivity contribution is -0.118. The molecule has 0 spiro atoms. The molecule has 0 saturated heterocycles. The topological polar surface area (TPSA) is 86.5 Å². The molecule has 2 aromatic heterocycles. The molecule has 0 bridgehead atoms. The van der Waals surface area contributed by atoms with Crippen LogP contribution in [0, 0.1) is 6.92 Å². The Bertz CT molecular complexity index is 1020. The van der Waals surface area contributed by atoms with Gasteiger partial charge in [-0.15, -0.1) is 0 Å². The lowest BCUT2D eigenvalue weighted by atomic mass is 10.00. The lowest BCUT2D eigenvalue weighted by Crippen LogP contribution is -2.28. The van der Waals surface area contributed by atoms with E-state index in [0.717, 1.165) is 24.0 Å². The molecule has 1 saturated carbocycles. The summed E-state index contributed by atoms with van der Waals surface area (Å²) in [5.41, 5.74) is 1.80. The van der Waals surface area contributed by atoms with E-state index in [1.807, 2.05) is 37.3 Å². The third kappa shape index (κ3) is 3.19. The number of rotatable bonds is 6. The van der Waals surface area contributed by atoms with Gasteiger partial charge in [-0.3, -0.25) is 4.79 Å². The van der Waals surface area contributed by atoms with Gasteiger partial charge in [-0.1, -0.05) is 5.16 Å². The fourth-order valence-electron chi connectivity index (χ4n) is 3.19. The van der Waals surface area contributed by atoms with Crippen LogP contribution in [0.25, 0.3) is 11.3 Å². The summed E-state index contributed by atoms with van der Waals surface area (Å²) in [5, 5.41) is 7.07. The first-order chi connectivity index (χ1) is 13.6. The van der Waals surface area contributed by atoms with Crippen molar-refractivity contribution in [2.24, 2.45) is 0 Å². The fraction of sp³-hybridized carbons (Fsp3) is 0.286. The molecule has 1 fully saturated rings. The molecule has 1 aliphatic rings. The van der Waals surface area contributed by atoms with Crippen molar-refractivity contribution in [3.8, 4) is 22.8 Å². The highest BCUT2D eigenvalue weighted by Crippen LogP contribution is 2.49. The molecular formula is C21H21N3O4. The number of benzene rings is 1. The van der Waals surface area contributed by atoms with Crippen LogP contribution in [-0.2, 0) is 10.2 Å². The van der Waals surface area contributed by atoms with Crippen molar-refractivity contribution < 1.29 is 18.8 Å². The molecule has 28 heavy (non-hydrogen) atoms. The highest BCUT2D eigenvalue weighted by atomic mass is 16.5. The average molecular weight is 379 g/mol. The van der Waals surface area contributed by atoms with E-state index in [0.29, 0.717) is 28.8 Å². The summed E-state index contributed by atoms with van der Waals surface area (Å²) < 4.78 is 16.1. The Labute approximate surface area is 162 Å². The zero-order valence-corrected chi connectivity index (χ0v) is 16.0. The molecule has 7 nitrogen and oxygen atoms in total. The summed E-state index contributed by atoms with van der Waals surface area (Å²) in [5.74, 6) is 2.23. The Hall–Kier alpha value is -3.35. The molecular weight excluding hydrogens is 358 g/mol. The predicted molar refractivity (Wildman–Crippen MR) is 104 cm³/mol. The summed E-state index contributed by atoms with van der Waals surface area (Å²) in [4.78, 5) is 17.1. The van der Waals surface area contributed by atoms with E-state index < -0.39 is 5.41 Å². The second kappa shape index (κ2) is 6.99. The van der Waals surface area contributed by atoms with E-state index >= 15 is 0 Å². The van der Waals surface area contributed by atoms with Crippen LogP contribution in [0.2, 0.25) is 0 Å². The smallest absolute Gasteiger partial charge is 0.237 e. The first-order valence-corrected chi connectivity index (χ1v) is 8.99.